The monoisotopic (exact) mass is 355 g/mol. The van der Waals surface area contributed by atoms with Gasteiger partial charge in [0.15, 0.2) is 5.11 Å². The van der Waals surface area contributed by atoms with E-state index < -0.39 is 11.8 Å². The van der Waals surface area contributed by atoms with E-state index in [2.05, 4.69) is 22.1 Å². The lowest BCUT2D eigenvalue weighted by atomic mass is 10.1. The third kappa shape index (κ3) is 2.96. The summed E-state index contributed by atoms with van der Waals surface area (Å²) in [4.78, 5) is 26.2. The Kier molecular flexibility index (Phi) is 4.45. The van der Waals surface area contributed by atoms with Gasteiger partial charge >= 0.3 is 0 Å². The second kappa shape index (κ2) is 6.56. The molecule has 3 rings (SSSR count). The highest BCUT2D eigenvalue weighted by molar-refractivity contribution is 7.80. The largest absolute Gasteiger partial charge is 0.335 e. The molecule has 3 heterocycles. The maximum atomic E-state index is 12.6. The predicted molar refractivity (Wildman–Crippen MR) is 101 cm³/mol. The molecule has 1 saturated heterocycles. The Balaban J connectivity index is 2.01. The number of carbonyl (C=O) groups is 2. The van der Waals surface area contributed by atoms with Crippen molar-refractivity contribution in [1.82, 2.24) is 14.8 Å². The Bertz CT molecular complexity index is 866. The van der Waals surface area contributed by atoms with E-state index >= 15 is 0 Å². The maximum absolute atomic E-state index is 12.6. The smallest absolute Gasteiger partial charge is 0.265 e. The van der Waals surface area contributed by atoms with Crippen LogP contribution in [0.1, 0.15) is 23.0 Å². The molecule has 8 heteroatoms. The summed E-state index contributed by atoms with van der Waals surface area (Å²) in [6, 6.07) is 1.86. The zero-order chi connectivity index (χ0) is 18.1. The highest BCUT2D eigenvalue weighted by Gasteiger charge is 2.33. The summed E-state index contributed by atoms with van der Waals surface area (Å²) in [7, 11) is 0. The minimum absolute atomic E-state index is 0.0458. The van der Waals surface area contributed by atoms with E-state index in [4.69, 9.17) is 12.2 Å². The van der Waals surface area contributed by atoms with Gasteiger partial charge in [-0.25, -0.2) is 0 Å². The van der Waals surface area contributed by atoms with Crippen molar-refractivity contribution in [2.45, 2.75) is 19.9 Å². The van der Waals surface area contributed by atoms with E-state index in [1.54, 1.807) is 24.6 Å². The molecule has 0 aromatic carbocycles. The van der Waals surface area contributed by atoms with Crippen LogP contribution in [0.25, 0.3) is 6.08 Å². The first-order chi connectivity index (χ1) is 11.9. The topological polar surface area (TPSA) is 79.1 Å². The van der Waals surface area contributed by atoms with Gasteiger partial charge in [-0.05, 0) is 43.8 Å². The average molecular weight is 355 g/mol. The molecule has 2 aliphatic rings. The zero-order valence-electron chi connectivity index (χ0n) is 13.9. The Labute approximate surface area is 150 Å². The zero-order valence-corrected chi connectivity index (χ0v) is 14.7. The fourth-order valence-electron chi connectivity index (χ4n) is 2.94. The van der Waals surface area contributed by atoms with Gasteiger partial charge in [-0.2, -0.15) is 10.2 Å². The summed E-state index contributed by atoms with van der Waals surface area (Å²) in [6.45, 7) is 7.73. The van der Waals surface area contributed by atoms with Crippen molar-refractivity contribution in [3.8, 4) is 0 Å². The van der Waals surface area contributed by atoms with Crippen molar-refractivity contribution in [2.75, 3.05) is 6.54 Å². The van der Waals surface area contributed by atoms with Crippen LogP contribution in [0.4, 0.5) is 0 Å². The van der Waals surface area contributed by atoms with Gasteiger partial charge in [0, 0.05) is 17.9 Å². The highest BCUT2D eigenvalue weighted by atomic mass is 32.1. The maximum Gasteiger partial charge on any atom is 0.265 e. The van der Waals surface area contributed by atoms with Gasteiger partial charge in [0.2, 0.25) is 0 Å². The van der Waals surface area contributed by atoms with Gasteiger partial charge < -0.3 is 4.57 Å². The second-order valence-corrected chi connectivity index (χ2v) is 6.12. The van der Waals surface area contributed by atoms with Gasteiger partial charge in [0.05, 0.1) is 12.4 Å². The second-order valence-electron chi connectivity index (χ2n) is 5.74. The van der Waals surface area contributed by atoms with E-state index in [0.29, 0.717) is 0 Å². The lowest BCUT2D eigenvalue weighted by Gasteiger charge is -2.27. The van der Waals surface area contributed by atoms with Crippen LogP contribution in [-0.2, 0) is 9.59 Å². The molecule has 0 saturated carbocycles. The first-order valence-electron chi connectivity index (χ1n) is 7.69. The summed E-state index contributed by atoms with van der Waals surface area (Å²) in [5.74, 6) is -0.924. The molecule has 0 radical (unpaired) electrons. The molecule has 0 aliphatic carbocycles. The van der Waals surface area contributed by atoms with E-state index in [0.717, 1.165) is 17.0 Å². The third-order valence-corrected chi connectivity index (χ3v) is 4.45. The number of rotatable bonds is 4. The van der Waals surface area contributed by atoms with Crippen LogP contribution < -0.4 is 5.32 Å². The lowest BCUT2D eigenvalue weighted by molar-refractivity contribution is -0.128. The number of amides is 2. The van der Waals surface area contributed by atoms with E-state index in [1.807, 2.05) is 24.5 Å². The number of carbonyl (C=O) groups excluding carboxylic acids is 2. The number of aromatic nitrogens is 1. The molecule has 0 spiro atoms. The van der Waals surface area contributed by atoms with Crippen molar-refractivity contribution in [3.63, 3.8) is 0 Å². The Hall–Kier alpha value is -2.87. The van der Waals surface area contributed by atoms with Gasteiger partial charge in [0.1, 0.15) is 11.6 Å². The Morgan fingerprint density at radius 3 is 2.64 bits per heavy atom. The molecule has 2 amide bonds. The van der Waals surface area contributed by atoms with Crippen molar-refractivity contribution < 1.29 is 9.59 Å². The van der Waals surface area contributed by atoms with Crippen molar-refractivity contribution in [1.29, 1.82) is 0 Å². The number of thiocarbonyl (C=S) groups is 1. The minimum atomic E-state index is -0.496. The van der Waals surface area contributed by atoms with E-state index in [-0.39, 0.29) is 23.3 Å². The molecule has 1 aromatic heterocycles. The van der Waals surface area contributed by atoms with Crippen LogP contribution in [0.2, 0.25) is 0 Å². The number of hydrogen-bond acceptors (Lipinski definition) is 5. The first kappa shape index (κ1) is 17.0. The van der Waals surface area contributed by atoms with E-state index in [1.165, 1.54) is 4.90 Å². The van der Waals surface area contributed by atoms with Crippen molar-refractivity contribution in [2.24, 2.45) is 10.2 Å². The Morgan fingerprint density at radius 2 is 2.00 bits per heavy atom. The Morgan fingerprint density at radius 1 is 1.32 bits per heavy atom. The van der Waals surface area contributed by atoms with Crippen LogP contribution in [0.5, 0.6) is 0 Å². The summed E-state index contributed by atoms with van der Waals surface area (Å²) in [6.07, 6.45) is 6.63. The first-order valence-corrected chi connectivity index (χ1v) is 8.09. The fourth-order valence-corrected chi connectivity index (χ4v) is 3.19. The average Bonchev–Trinajstić information content (AvgIpc) is 3.16. The number of nitrogens with one attached hydrogen (secondary N) is 1. The molecule has 0 unspecified atom stereocenters. The number of hydrogen-bond donors (Lipinski definition) is 1. The van der Waals surface area contributed by atoms with Gasteiger partial charge in [-0.15, -0.1) is 6.58 Å². The van der Waals surface area contributed by atoms with Crippen LogP contribution >= 0.6 is 12.2 Å². The molecule has 25 heavy (non-hydrogen) atoms. The summed E-state index contributed by atoms with van der Waals surface area (Å²) in [5.41, 5.74) is 2.73. The van der Waals surface area contributed by atoms with Gasteiger partial charge in [-0.1, -0.05) is 6.08 Å². The van der Waals surface area contributed by atoms with Gasteiger partial charge in [0.25, 0.3) is 11.8 Å². The van der Waals surface area contributed by atoms with E-state index in [9.17, 15) is 9.59 Å². The molecule has 1 aromatic rings. The van der Waals surface area contributed by atoms with Crippen LogP contribution in [0.3, 0.4) is 0 Å². The molecular weight excluding hydrogens is 338 g/mol. The molecule has 1 fully saturated rings. The SMILES string of the molecule is C=CCN1C(=O)/C(=C\c2cc(C)n(C3C=NN=C3)c2C)C(=O)NC1=S. The minimum Gasteiger partial charge on any atom is -0.335 e. The molecule has 128 valence electrons. The molecule has 1 N–H and O–H groups in total. The molecule has 7 nitrogen and oxygen atoms in total. The molecule has 2 aliphatic heterocycles. The van der Waals surface area contributed by atoms with Crippen LogP contribution in [-0.4, -0.2) is 45.4 Å². The van der Waals surface area contributed by atoms with Crippen molar-refractivity contribution >= 4 is 47.6 Å². The summed E-state index contributed by atoms with van der Waals surface area (Å²) in [5, 5.41) is 10.4. The molecule has 0 bridgehead atoms. The predicted octanol–water partition coefficient (Wildman–Crippen LogP) is 1.53. The quantitative estimate of drug-likeness (QED) is 0.385. The third-order valence-electron chi connectivity index (χ3n) is 4.12. The summed E-state index contributed by atoms with van der Waals surface area (Å²) >= 11 is 5.05. The number of nitrogens with zero attached hydrogens (tertiary/aromatic N) is 4. The highest BCUT2D eigenvalue weighted by Crippen LogP contribution is 2.24. The molecular formula is C17H17N5O2S. The standard InChI is InChI=1S/C17H17N5O2S/c1-4-5-21-16(24)14(15(23)20-17(21)25)7-12-6-10(2)22(11(12)3)13-8-18-19-9-13/h4,6-9,13H,1,5H2,2-3H3,(H,20,23,25)/b14-7-. The van der Waals surface area contributed by atoms with Crippen LogP contribution in [0.15, 0.2) is 34.5 Å². The van der Waals surface area contributed by atoms with Crippen molar-refractivity contribution in [3.05, 3.63) is 41.2 Å². The lowest BCUT2D eigenvalue weighted by Crippen LogP contribution is -2.53. The van der Waals surface area contributed by atoms with Gasteiger partial charge in [-0.3, -0.25) is 19.8 Å². The fraction of sp³-hybridized carbons (Fsp3) is 0.235. The summed E-state index contributed by atoms with van der Waals surface area (Å²) < 4.78 is 2.05. The molecule has 0 atom stereocenters. The number of aryl methyl sites for hydroxylation is 1. The van der Waals surface area contributed by atoms with Crippen LogP contribution in [0, 0.1) is 13.8 Å². The normalized spacial score (nSPS) is 19.2.